The highest BCUT2D eigenvalue weighted by Gasteiger charge is 2.12. The van der Waals surface area contributed by atoms with Crippen molar-refractivity contribution in [3.05, 3.63) is 71.9 Å². The third-order valence-electron chi connectivity index (χ3n) is 4.94. The minimum absolute atomic E-state index is 0.257. The number of aromatic nitrogens is 1. The van der Waals surface area contributed by atoms with Gasteiger partial charge in [0.15, 0.2) is 0 Å². The molecule has 0 saturated heterocycles. The van der Waals surface area contributed by atoms with E-state index in [4.69, 9.17) is 19.2 Å². The van der Waals surface area contributed by atoms with Gasteiger partial charge in [-0.3, -0.25) is 4.98 Å². The van der Waals surface area contributed by atoms with Crippen molar-refractivity contribution in [1.29, 1.82) is 0 Å². The normalized spacial score (nSPS) is 10.8. The SMILES string of the molecule is COCCOCCCc1cnc(-c2ccc(OC)cc2)c(-c2ccc(C(=O)O)cc2)c1. The Hall–Kier alpha value is -3.22. The molecule has 0 radical (unpaired) electrons. The zero-order valence-corrected chi connectivity index (χ0v) is 17.8. The summed E-state index contributed by atoms with van der Waals surface area (Å²) in [7, 11) is 3.29. The van der Waals surface area contributed by atoms with Gasteiger partial charge in [0.2, 0.25) is 0 Å². The molecule has 3 aromatic rings. The number of benzene rings is 2. The number of ether oxygens (including phenoxy) is 3. The van der Waals surface area contributed by atoms with Crippen LogP contribution in [0.1, 0.15) is 22.3 Å². The Morgan fingerprint density at radius 2 is 1.65 bits per heavy atom. The van der Waals surface area contributed by atoms with Crippen LogP contribution < -0.4 is 4.74 Å². The van der Waals surface area contributed by atoms with Crippen molar-refractivity contribution in [2.45, 2.75) is 12.8 Å². The van der Waals surface area contributed by atoms with Crippen LogP contribution in [0.5, 0.6) is 5.75 Å². The Morgan fingerprint density at radius 3 is 2.29 bits per heavy atom. The molecule has 0 aliphatic carbocycles. The van der Waals surface area contributed by atoms with Crippen molar-refractivity contribution in [3.63, 3.8) is 0 Å². The van der Waals surface area contributed by atoms with Gasteiger partial charge < -0.3 is 19.3 Å². The monoisotopic (exact) mass is 421 g/mol. The molecule has 3 rings (SSSR count). The van der Waals surface area contributed by atoms with E-state index in [1.54, 1.807) is 26.4 Å². The Balaban J connectivity index is 1.87. The second-order valence-corrected chi connectivity index (χ2v) is 7.06. The number of methoxy groups -OCH3 is 2. The Morgan fingerprint density at radius 1 is 0.935 bits per heavy atom. The smallest absolute Gasteiger partial charge is 0.335 e. The van der Waals surface area contributed by atoms with Crippen LogP contribution in [0.2, 0.25) is 0 Å². The molecule has 6 nitrogen and oxygen atoms in total. The van der Waals surface area contributed by atoms with Crippen molar-refractivity contribution < 1.29 is 24.1 Å². The van der Waals surface area contributed by atoms with Crippen molar-refractivity contribution >= 4 is 5.97 Å². The summed E-state index contributed by atoms with van der Waals surface area (Å²) in [4.78, 5) is 16.0. The van der Waals surface area contributed by atoms with Crippen molar-refractivity contribution in [3.8, 4) is 28.1 Å². The molecule has 31 heavy (non-hydrogen) atoms. The molecule has 0 fully saturated rings. The first-order valence-electron chi connectivity index (χ1n) is 10.2. The largest absolute Gasteiger partial charge is 0.497 e. The van der Waals surface area contributed by atoms with Gasteiger partial charge >= 0.3 is 5.97 Å². The van der Waals surface area contributed by atoms with Gasteiger partial charge in [-0.2, -0.15) is 0 Å². The summed E-state index contributed by atoms with van der Waals surface area (Å²) in [5.74, 6) is -0.163. The van der Waals surface area contributed by atoms with E-state index in [-0.39, 0.29) is 5.56 Å². The maximum Gasteiger partial charge on any atom is 0.335 e. The molecule has 1 heterocycles. The van der Waals surface area contributed by atoms with Crippen LogP contribution in [0.25, 0.3) is 22.4 Å². The molecular formula is C25H27NO5. The highest BCUT2D eigenvalue weighted by Crippen LogP contribution is 2.32. The van der Waals surface area contributed by atoms with Crippen LogP contribution in [0.4, 0.5) is 0 Å². The second kappa shape index (κ2) is 11.2. The number of aryl methyl sites for hydroxylation is 1. The number of rotatable bonds is 11. The summed E-state index contributed by atoms with van der Waals surface area (Å²) in [5.41, 5.74) is 5.04. The van der Waals surface area contributed by atoms with Crippen LogP contribution >= 0.6 is 0 Å². The van der Waals surface area contributed by atoms with E-state index in [1.165, 1.54) is 0 Å². The molecule has 0 aliphatic rings. The lowest BCUT2D eigenvalue weighted by molar-refractivity contribution is 0.0695. The lowest BCUT2D eigenvalue weighted by Gasteiger charge is -2.13. The molecule has 0 amide bonds. The highest BCUT2D eigenvalue weighted by atomic mass is 16.5. The van der Waals surface area contributed by atoms with E-state index in [2.05, 4.69) is 6.07 Å². The fourth-order valence-electron chi connectivity index (χ4n) is 3.26. The van der Waals surface area contributed by atoms with Gasteiger partial charge in [0, 0.05) is 31.0 Å². The Bertz CT molecular complexity index is 984. The lowest BCUT2D eigenvalue weighted by Crippen LogP contribution is -2.04. The van der Waals surface area contributed by atoms with Gasteiger partial charge in [-0.25, -0.2) is 4.79 Å². The summed E-state index contributed by atoms with van der Waals surface area (Å²) in [6.07, 6.45) is 3.61. The van der Waals surface area contributed by atoms with E-state index in [0.29, 0.717) is 19.8 Å². The minimum Gasteiger partial charge on any atom is -0.497 e. The molecule has 0 atom stereocenters. The van der Waals surface area contributed by atoms with E-state index in [0.717, 1.165) is 46.5 Å². The van der Waals surface area contributed by atoms with Gasteiger partial charge in [-0.15, -0.1) is 0 Å². The third kappa shape index (κ3) is 6.13. The number of carboxylic acids is 1. The first kappa shape index (κ1) is 22.5. The van der Waals surface area contributed by atoms with Crippen LogP contribution in [0.15, 0.2) is 60.8 Å². The van der Waals surface area contributed by atoms with Gasteiger partial charge in [0.05, 0.1) is 31.6 Å². The number of carboxylic acid groups (broad SMARTS) is 1. The quantitative estimate of drug-likeness (QED) is 0.452. The Labute approximate surface area is 182 Å². The van der Waals surface area contributed by atoms with Gasteiger partial charge in [-0.1, -0.05) is 12.1 Å². The van der Waals surface area contributed by atoms with Crippen molar-refractivity contribution in [1.82, 2.24) is 4.98 Å². The third-order valence-corrected chi connectivity index (χ3v) is 4.94. The van der Waals surface area contributed by atoms with Gasteiger partial charge in [-0.05, 0) is 66.4 Å². The molecule has 1 N–H and O–H groups in total. The molecule has 0 saturated carbocycles. The lowest BCUT2D eigenvalue weighted by atomic mass is 9.96. The van der Waals surface area contributed by atoms with Gasteiger partial charge in [0.25, 0.3) is 0 Å². The maximum absolute atomic E-state index is 11.2. The number of pyridine rings is 1. The number of hydrogen-bond donors (Lipinski definition) is 1. The summed E-state index contributed by atoms with van der Waals surface area (Å²) in [5, 5.41) is 9.20. The molecule has 1 aromatic heterocycles. The van der Waals surface area contributed by atoms with Crippen LogP contribution in [0, 0.1) is 0 Å². The molecule has 6 heteroatoms. The van der Waals surface area contributed by atoms with Crippen LogP contribution in [0.3, 0.4) is 0 Å². The molecule has 0 bridgehead atoms. The summed E-state index contributed by atoms with van der Waals surface area (Å²) in [6, 6.07) is 16.8. The molecule has 0 spiro atoms. The second-order valence-electron chi connectivity index (χ2n) is 7.06. The van der Waals surface area contributed by atoms with Crippen LogP contribution in [-0.4, -0.2) is 50.1 Å². The minimum atomic E-state index is -0.942. The molecule has 2 aromatic carbocycles. The number of hydrogen-bond acceptors (Lipinski definition) is 5. The molecular weight excluding hydrogens is 394 g/mol. The summed E-state index contributed by atoms with van der Waals surface area (Å²) >= 11 is 0. The average molecular weight is 421 g/mol. The fourth-order valence-corrected chi connectivity index (χ4v) is 3.26. The van der Waals surface area contributed by atoms with E-state index >= 15 is 0 Å². The highest BCUT2D eigenvalue weighted by molar-refractivity contribution is 5.89. The average Bonchev–Trinajstić information content (AvgIpc) is 2.81. The summed E-state index contributed by atoms with van der Waals surface area (Å²) < 4.78 is 15.8. The fraction of sp³-hybridized carbons (Fsp3) is 0.280. The van der Waals surface area contributed by atoms with Crippen molar-refractivity contribution in [2.24, 2.45) is 0 Å². The first-order chi connectivity index (χ1) is 15.1. The zero-order valence-electron chi connectivity index (χ0n) is 17.8. The number of nitrogens with zero attached hydrogens (tertiary/aromatic N) is 1. The molecule has 0 aliphatic heterocycles. The molecule has 162 valence electrons. The Kier molecular flexibility index (Phi) is 8.15. The standard InChI is InChI=1S/C25H27NO5/c1-29-14-15-31-13-3-4-18-16-23(19-5-7-21(8-6-19)25(27)28)24(26-17-18)20-9-11-22(30-2)12-10-20/h5-12,16-17H,3-4,13-15H2,1-2H3,(H,27,28). The number of aromatic carboxylic acids is 1. The van der Waals surface area contributed by atoms with Gasteiger partial charge in [0.1, 0.15) is 5.75 Å². The topological polar surface area (TPSA) is 77.9 Å². The van der Waals surface area contributed by atoms with Crippen LogP contribution in [-0.2, 0) is 15.9 Å². The zero-order chi connectivity index (χ0) is 22.1. The first-order valence-corrected chi connectivity index (χ1v) is 10.2. The van der Waals surface area contributed by atoms with Crippen molar-refractivity contribution in [2.75, 3.05) is 34.0 Å². The predicted octanol–water partition coefficient (Wildman–Crippen LogP) is 4.72. The van der Waals surface area contributed by atoms with E-state index < -0.39 is 5.97 Å². The number of carbonyl (C=O) groups is 1. The van der Waals surface area contributed by atoms with E-state index in [1.807, 2.05) is 42.6 Å². The summed E-state index contributed by atoms with van der Waals surface area (Å²) in [6.45, 7) is 1.84. The molecule has 0 unspecified atom stereocenters. The van der Waals surface area contributed by atoms with E-state index in [9.17, 15) is 9.90 Å². The maximum atomic E-state index is 11.2. The predicted molar refractivity (Wildman–Crippen MR) is 120 cm³/mol.